The van der Waals surface area contributed by atoms with E-state index in [1.807, 2.05) is 16.5 Å². The number of aromatic nitrogens is 4. The number of alkyl halides is 3. The van der Waals surface area contributed by atoms with Crippen LogP contribution in [0.2, 0.25) is 0 Å². The smallest absolute Gasteiger partial charge is 0.369 e. The molecule has 0 saturated carbocycles. The van der Waals surface area contributed by atoms with Gasteiger partial charge in [0.1, 0.15) is 12.2 Å². The van der Waals surface area contributed by atoms with Crippen LogP contribution in [0.4, 0.5) is 28.9 Å². The van der Waals surface area contributed by atoms with Gasteiger partial charge in [0.25, 0.3) is 0 Å². The number of benzene rings is 1. The van der Waals surface area contributed by atoms with Crippen LogP contribution in [0.15, 0.2) is 42.9 Å². The van der Waals surface area contributed by atoms with Crippen molar-refractivity contribution in [3.8, 4) is 11.1 Å². The highest BCUT2D eigenvalue weighted by molar-refractivity contribution is 7.93. The number of anilines is 2. The van der Waals surface area contributed by atoms with Crippen molar-refractivity contribution in [3.05, 3.63) is 54.6 Å². The number of nitrogens with one attached hydrogen (secondary N) is 1. The molecule has 2 aromatic heterocycles. The van der Waals surface area contributed by atoms with Crippen molar-refractivity contribution >= 4 is 21.4 Å². The molecule has 0 amide bonds. The van der Waals surface area contributed by atoms with Crippen LogP contribution < -0.4 is 9.62 Å². The van der Waals surface area contributed by atoms with E-state index in [4.69, 9.17) is 0 Å². The second kappa shape index (κ2) is 8.61. The molecule has 1 aliphatic heterocycles. The van der Waals surface area contributed by atoms with Gasteiger partial charge in [-0.15, -0.1) is 10.2 Å². The number of pyridine rings is 1. The van der Waals surface area contributed by atoms with Gasteiger partial charge in [-0.3, -0.25) is 4.72 Å². The highest BCUT2D eigenvalue weighted by Gasteiger charge is 2.46. The van der Waals surface area contributed by atoms with Gasteiger partial charge in [-0.25, -0.2) is 4.98 Å². The fourth-order valence-corrected chi connectivity index (χ4v) is 4.53. The Balaban J connectivity index is 1.73. The average Bonchev–Trinajstić information content (AvgIpc) is 3.19. The second-order valence-corrected chi connectivity index (χ2v) is 9.36. The van der Waals surface area contributed by atoms with Gasteiger partial charge < -0.3 is 9.47 Å². The lowest BCUT2D eigenvalue weighted by atomic mass is 9.94. The zero-order valence-electron chi connectivity index (χ0n) is 17.4. The molecule has 1 saturated heterocycles. The SMILES string of the molecule is Cn1cnnc1C1CCN(c2c(NS(=O)(=O)C(F)(F)F)cccc2-c2ccc(F)nc2)CC1. The molecule has 4 rings (SSSR count). The largest absolute Gasteiger partial charge is 0.516 e. The van der Waals surface area contributed by atoms with Gasteiger partial charge in [0, 0.05) is 43.4 Å². The van der Waals surface area contributed by atoms with Crippen LogP contribution in [0, 0.1) is 5.95 Å². The number of piperidine rings is 1. The first kappa shape index (κ1) is 23.0. The fraction of sp³-hybridized carbons (Fsp3) is 0.350. The van der Waals surface area contributed by atoms with E-state index in [1.54, 1.807) is 17.1 Å². The molecule has 176 valence electrons. The molecule has 1 aromatic carbocycles. The molecule has 1 aliphatic rings. The van der Waals surface area contributed by atoms with Crippen LogP contribution >= 0.6 is 0 Å². The summed E-state index contributed by atoms with van der Waals surface area (Å²) in [5, 5.41) is 8.03. The van der Waals surface area contributed by atoms with Crippen LogP contribution in [0.5, 0.6) is 0 Å². The Morgan fingerprint density at radius 2 is 1.85 bits per heavy atom. The lowest BCUT2D eigenvalue weighted by molar-refractivity contribution is -0.0429. The number of hydrogen-bond donors (Lipinski definition) is 1. The predicted molar refractivity (Wildman–Crippen MR) is 113 cm³/mol. The maximum absolute atomic E-state index is 13.3. The van der Waals surface area contributed by atoms with Crippen molar-refractivity contribution in [2.75, 3.05) is 22.7 Å². The Kier molecular flexibility index (Phi) is 5.99. The maximum Gasteiger partial charge on any atom is 0.516 e. The summed E-state index contributed by atoms with van der Waals surface area (Å²) in [6.45, 7) is 0.869. The Labute approximate surface area is 187 Å². The minimum Gasteiger partial charge on any atom is -0.369 e. The topological polar surface area (TPSA) is 93.0 Å². The third-order valence-electron chi connectivity index (χ3n) is 5.55. The molecule has 0 unspecified atom stereocenters. The highest BCUT2D eigenvalue weighted by atomic mass is 32.2. The normalized spacial score (nSPS) is 15.6. The van der Waals surface area contributed by atoms with Gasteiger partial charge >= 0.3 is 15.5 Å². The van der Waals surface area contributed by atoms with Gasteiger partial charge in [0.2, 0.25) is 5.95 Å². The Hall–Kier alpha value is -3.22. The van der Waals surface area contributed by atoms with Crippen molar-refractivity contribution in [2.24, 2.45) is 7.05 Å². The van der Waals surface area contributed by atoms with E-state index in [0.29, 0.717) is 37.1 Å². The Morgan fingerprint density at radius 1 is 1.12 bits per heavy atom. The van der Waals surface area contributed by atoms with Gasteiger partial charge in [-0.1, -0.05) is 12.1 Å². The van der Waals surface area contributed by atoms with Crippen molar-refractivity contribution < 1.29 is 26.0 Å². The number of halogens is 4. The molecule has 3 heterocycles. The zero-order valence-corrected chi connectivity index (χ0v) is 18.2. The summed E-state index contributed by atoms with van der Waals surface area (Å²) in [6, 6.07) is 6.91. The van der Waals surface area contributed by atoms with Crippen molar-refractivity contribution in [1.29, 1.82) is 0 Å². The number of sulfonamides is 1. The monoisotopic (exact) mass is 484 g/mol. The van der Waals surface area contributed by atoms with E-state index in [9.17, 15) is 26.0 Å². The standard InChI is InChI=1S/C20H20F4N6O2S/c1-29-12-26-27-19(29)13-7-9-30(10-8-13)18-15(14-5-6-17(21)25-11-14)3-2-4-16(18)28-33(31,32)20(22,23)24/h2-6,11-13,28H,7-10H2,1H3. The molecule has 0 radical (unpaired) electrons. The van der Waals surface area contributed by atoms with Crippen LogP contribution in [0.3, 0.4) is 0 Å². The summed E-state index contributed by atoms with van der Waals surface area (Å²) in [6.07, 6.45) is 4.12. The molecule has 8 nitrogen and oxygen atoms in total. The maximum atomic E-state index is 13.3. The van der Waals surface area contributed by atoms with E-state index < -0.39 is 21.5 Å². The number of nitrogens with zero attached hydrogens (tertiary/aromatic N) is 5. The molecule has 33 heavy (non-hydrogen) atoms. The number of hydrogen-bond acceptors (Lipinski definition) is 6. The third kappa shape index (κ3) is 4.63. The van der Waals surface area contributed by atoms with Crippen molar-refractivity contribution in [3.63, 3.8) is 0 Å². The predicted octanol–water partition coefficient (Wildman–Crippen LogP) is 3.66. The molecule has 1 fully saturated rings. The van der Waals surface area contributed by atoms with Gasteiger partial charge in [-0.2, -0.15) is 26.0 Å². The summed E-state index contributed by atoms with van der Waals surface area (Å²) in [5.74, 6) is 0.200. The van der Waals surface area contributed by atoms with Crippen molar-refractivity contribution in [2.45, 2.75) is 24.3 Å². The number of para-hydroxylation sites is 1. The van der Waals surface area contributed by atoms with E-state index in [1.165, 1.54) is 24.4 Å². The second-order valence-electron chi connectivity index (χ2n) is 7.68. The molecule has 0 spiro atoms. The van der Waals surface area contributed by atoms with Crippen molar-refractivity contribution in [1.82, 2.24) is 19.7 Å². The van der Waals surface area contributed by atoms with Crippen LogP contribution in [-0.4, -0.2) is 46.8 Å². The molecule has 0 bridgehead atoms. The molecule has 0 aliphatic carbocycles. The summed E-state index contributed by atoms with van der Waals surface area (Å²) < 4.78 is 79.8. The molecule has 1 N–H and O–H groups in total. The van der Waals surface area contributed by atoms with E-state index in [-0.39, 0.29) is 17.3 Å². The fourth-order valence-electron chi connectivity index (χ4n) is 3.96. The van der Waals surface area contributed by atoms with Gasteiger partial charge in [0.15, 0.2) is 0 Å². The summed E-state index contributed by atoms with van der Waals surface area (Å²) in [7, 11) is -3.81. The molecule has 13 heteroatoms. The molecular weight excluding hydrogens is 464 g/mol. The Morgan fingerprint density at radius 3 is 2.42 bits per heavy atom. The Bertz CT molecular complexity index is 1240. The van der Waals surface area contributed by atoms with Crippen LogP contribution in [-0.2, 0) is 17.1 Å². The van der Waals surface area contributed by atoms with Crippen LogP contribution in [0.1, 0.15) is 24.6 Å². The molecule has 0 atom stereocenters. The minimum absolute atomic E-state index is 0.101. The zero-order chi connectivity index (χ0) is 23.8. The highest BCUT2D eigenvalue weighted by Crippen LogP contribution is 2.41. The average molecular weight is 484 g/mol. The quantitative estimate of drug-likeness (QED) is 0.439. The lowest BCUT2D eigenvalue weighted by Gasteiger charge is -2.35. The third-order valence-corrected chi connectivity index (χ3v) is 6.64. The first-order valence-electron chi connectivity index (χ1n) is 9.99. The number of aryl methyl sites for hydroxylation is 1. The summed E-state index contributed by atoms with van der Waals surface area (Å²) in [5.41, 5.74) is -4.55. The molecule has 3 aromatic rings. The van der Waals surface area contributed by atoms with Crippen LogP contribution in [0.25, 0.3) is 11.1 Å². The lowest BCUT2D eigenvalue weighted by Crippen LogP contribution is -2.36. The first-order chi connectivity index (χ1) is 15.6. The summed E-state index contributed by atoms with van der Waals surface area (Å²) >= 11 is 0. The van der Waals surface area contributed by atoms with E-state index in [0.717, 1.165) is 11.9 Å². The van der Waals surface area contributed by atoms with E-state index >= 15 is 0 Å². The number of rotatable bonds is 5. The first-order valence-corrected chi connectivity index (χ1v) is 11.5. The van der Waals surface area contributed by atoms with E-state index in [2.05, 4.69) is 15.2 Å². The molecular formula is C20H20F4N6O2S. The summed E-state index contributed by atoms with van der Waals surface area (Å²) in [4.78, 5) is 5.44. The van der Waals surface area contributed by atoms with Gasteiger partial charge in [-0.05, 0) is 31.0 Å². The minimum atomic E-state index is -5.64. The van der Waals surface area contributed by atoms with Gasteiger partial charge in [0.05, 0.1) is 11.4 Å².